The summed E-state index contributed by atoms with van der Waals surface area (Å²) in [5.41, 5.74) is 14.4. The van der Waals surface area contributed by atoms with Crippen LogP contribution >= 0.6 is 0 Å². The van der Waals surface area contributed by atoms with Crippen LogP contribution in [0.5, 0.6) is 0 Å². The summed E-state index contributed by atoms with van der Waals surface area (Å²) in [4.78, 5) is 14.9. The quantitative estimate of drug-likeness (QED) is 0.162. The predicted octanol–water partition coefficient (Wildman–Crippen LogP) is 14.4. The van der Waals surface area contributed by atoms with Crippen LogP contribution in [0.4, 0.5) is 0 Å². The zero-order valence-electron chi connectivity index (χ0n) is 33.6. The number of nitrogens with zero attached hydrogens (tertiary/aromatic N) is 5. The second kappa shape index (κ2) is 14.7. The van der Waals surface area contributed by atoms with Crippen molar-refractivity contribution in [2.45, 2.75) is 0 Å². The number of hydrogen-bond donors (Lipinski definition) is 0. The van der Waals surface area contributed by atoms with E-state index >= 15 is 0 Å². The minimum atomic E-state index is 0.630. The number of rotatable bonds is 7. The minimum absolute atomic E-state index is 0.630. The average Bonchev–Trinajstić information content (AvgIpc) is 3.88. The first-order valence-corrected chi connectivity index (χ1v) is 21.0. The molecule has 5 heteroatoms. The summed E-state index contributed by atoms with van der Waals surface area (Å²) in [6.07, 6.45) is 0. The number of para-hydroxylation sites is 2. The maximum absolute atomic E-state index is 5.00. The number of aromatic nitrogens is 5. The van der Waals surface area contributed by atoms with Crippen molar-refractivity contribution < 1.29 is 0 Å². The smallest absolute Gasteiger partial charge is 0.164 e. The molecule has 0 fully saturated rings. The predicted molar refractivity (Wildman–Crippen MR) is 256 cm³/mol. The molecule has 12 rings (SSSR count). The first kappa shape index (κ1) is 35.5. The van der Waals surface area contributed by atoms with Crippen molar-refractivity contribution in [2.75, 3.05) is 0 Å². The standard InChI is InChI=1S/C57H37N5/c1-5-17-38(18-6-1)43-31-35-51(48(37-43)39-19-7-2-8-20-39)62-49-27-15-13-25-45(49)46-34-36-52-53(54(46)62)47-26-14-16-28-50(47)61(52)44-32-29-42(30-33-44)57-59-55(40-21-9-3-10-22-40)58-56(60-57)41-23-11-4-12-24-41/h1-37H. The molecule has 0 radical (unpaired) electrons. The fraction of sp³-hybridized carbons (Fsp3) is 0. The molecule has 0 N–H and O–H groups in total. The van der Waals surface area contributed by atoms with Crippen molar-refractivity contribution in [3.63, 3.8) is 0 Å². The van der Waals surface area contributed by atoms with Crippen molar-refractivity contribution in [3.8, 4) is 67.8 Å². The Morgan fingerprint density at radius 2 is 0.758 bits per heavy atom. The summed E-state index contributed by atoms with van der Waals surface area (Å²) >= 11 is 0. The Morgan fingerprint density at radius 3 is 1.35 bits per heavy atom. The summed E-state index contributed by atoms with van der Waals surface area (Å²) in [5.74, 6) is 1.92. The monoisotopic (exact) mass is 791 g/mol. The molecule has 0 atom stereocenters. The molecule has 0 aliphatic rings. The van der Waals surface area contributed by atoms with Gasteiger partial charge >= 0.3 is 0 Å². The summed E-state index contributed by atoms with van der Waals surface area (Å²) in [6.45, 7) is 0. The van der Waals surface area contributed by atoms with Gasteiger partial charge in [0, 0.05) is 49.5 Å². The normalized spacial score (nSPS) is 11.5. The van der Waals surface area contributed by atoms with E-state index in [-0.39, 0.29) is 0 Å². The second-order valence-electron chi connectivity index (χ2n) is 15.6. The van der Waals surface area contributed by atoms with Crippen molar-refractivity contribution in [1.29, 1.82) is 0 Å². The number of hydrogen-bond acceptors (Lipinski definition) is 3. The Bertz CT molecular complexity index is 3540. The van der Waals surface area contributed by atoms with Crippen LogP contribution in [0.2, 0.25) is 0 Å². The van der Waals surface area contributed by atoms with Crippen LogP contribution in [0.3, 0.4) is 0 Å². The van der Waals surface area contributed by atoms with Gasteiger partial charge in [0.1, 0.15) is 0 Å². The van der Waals surface area contributed by atoms with E-state index in [0.717, 1.165) is 39.1 Å². The van der Waals surface area contributed by atoms with E-state index in [1.54, 1.807) is 0 Å². The van der Waals surface area contributed by atoms with Gasteiger partial charge in [0.05, 0.1) is 27.8 Å². The topological polar surface area (TPSA) is 48.5 Å². The molecule has 0 unspecified atom stereocenters. The Kier molecular flexibility index (Phi) is 8.42. The van der Waals surface area contributed by atoms with Crippen LogP contribution in [0.1, 0.15) is 0 Å². The largest absolute Gasteiger partial charge is 0.309 e. The lowest BCUT2D eigenvalue weighted by atomic mass is 9.97. The lowest BCUT2D eigenvalue weighted by Crippen LogP contribution is -2.00. The van der Waals surface area contributed by atoms with Crippen molar-refractivity contribution >= 4 is 43.6 Å². The first-order valence-electron chi connectivity index (χ1n) is 21.0. The Morgan fingerprint density at radius 1 is 0.290 bits per heavy atom. The van der Waals surface area contributed by atoms with Gasteiger partial charge in [-0.2, -0.15) is 0 Å². The van der Waals surface area contributed by atoms with Crippen molar-refractivity contribution in [1.82, 2.24) is 24.1 Å². The average molecular weight is 792 g/mol. The zero-order valence-corrected chi connectivity index (χ0v) is 33.6. The fourth-order valence-electron chi connectivity index (χ4n) is 9.12. The minimum Gasteiger partial charge on any atom is -0.309 e. The van der Waals surface area contributed by atoms with Gasteiger partial charge in [0.15, 0.2) is 17.5 Å². The SMILES string of the molecule is c1ccc(-c2ccc(-n3c4ccccc4c4ccc5c(c6ccccc6n5-c5ccc(-c6nc(-c7ccccc7)nc(-c7ccccc7)n6)cc5)c43)c(-c3ccccc3)c2)cc1. The molecule has 0 saturated heterocycles. The summed E-state index contributed by atoms with van der Waals surface area (Å²) in [7, 11) is 0. The fourth-order valence-corrected chi connectivity index (χ4v) is 9.12. The molecule has 5 nitrogen and oxygen atoms in total. The van der Waals surface area contributed by atoms with Gasteiger partial charge in [-0.05, 0) is 71.3 Å². The van der Waals surface area contributed by atoms with Crippen LogP contribution in [0, 0.1) is 0 Å². The van der Waals surface area contributed by atoms with Crippen molar-refractivity contribution in [3.05, 3.63) is 224 Å². The molecule has 9 aromatic carbocycles. The maximum Gasteiger partial charge on any atom is 0.164 e. The van der Waals surface area contributed by atoms with Gasteiger partial charge in [0.25, 0.3) is 0 Å². The third-order valence-corrected chi connectivity index (χ3v) is 12.0. The van der Waals surface area contributed by atoms with Gasteiger partial charge in [-0.3, -0.25) is 0 Å². The molecule has 0 bridgehead atoms. The Balaban J connectivity index is 1.07. The Labute approximate surface area is 358 Å². The summed E-state index contributed by atoms with van der Waals surface area (Å²) < 4.78 is 4.89. The number of benzene rings is 9. The molecule has 290 valence electrons. The van der Waals surface area contributed by atoms with Crippen LogP contribution < -0.4 is 0 Å². The van der Waals surface area contributed by atoms with E-state index in [2.05, 4.69) is 173 Å². The molecular formula is C57H37N5. The van der Waals surface area contributed by atoms with Crippen LogP contribution in [-0.2, 0) is 0 Å². The highest BCUT2D eigenvalue weighted by Gasteiger charge is 2.23. The van der Waals surface area contributed by atoms with E-state index in [0.29, 0.717) is 17.5 Å². The highest BCUT2D eigenvalue weighted by Crippen LogP contribution is 2.44. The van der Waals surface area contributed by atoms with E-state index in [1.807, 2.05) is 60.7 Å². The Hall–Kier alpha value is -8.41. The van der Waals surface area contributed by atoms with E-state index < -0.39 is 0 Å². The molecule has 0 saturated carbocycles. The highest BCUT2D eigenvalue weighted by atomic mass is 15.0. The number of fused-ring (bicyclic) bond motifs is 7. The molecule has 62 heavy (non-hydrogen) atoms. The molecule has 0 aliphatic carbocycles. The van der Waals surface area contributed by atoms with Crippen LogP contribution in [0.25, 0.3) is 111 Å². The third-order valence-electron chi connectivity index (χ3n) is 12.0. The van der Waals surface area contributed by atoms with E-state index in [9.17, 15) is 0 Å². The molecule has 0 aliphatic heterocycles. The van der Waals surface area contributed by atoms with E-state index in [4.69, 9.17) is 15.0 Å². The lowest BCUT2D eigenvalue weighted by molar-refractivity contribution is 1.07. The summed E-state index contributed by atoms with van der Waals surface area (Å²) in [5, 5.41) is 4.84. The van der Waals surface area contributed by atoms with E-state index in [1.165, 1.54) is 54.8 Å². The second-order valence-corrected chi connectivity index (χ2v) is 15.6. The molecule has 0 spiro atoms. The van der Waals surface area contributed by atoms with Gasteiger partial charge in [-0.1, -0.05) is 170 Å². The van der Waals surface area contributed by atoms with Crippen molar-refractivity contribution in [2.24, 2.45) is 0 Å². The highest BCUT2D eigenvalue weighted by molar-refractivity contribution is 6.26. The lowest BCUT2D eigenvalue weighted by Gasteiger charge is -2.17. The first-order chi connectivity index (χ1) is 30.8. The van der Waals surface area contributed by atoms with Gasteiger partial charge < -0.3 is 9.13 Å². The van der Waals surface area contributed by atoms with Gasteiger partial charge in [-0.15, -0.1) is 0 Å². The molecule has 3 aromatic heterocycles. The molecule has 3 heterocycles. The third kappa shape index (κ3) is 5.90. The van der Waals surface area contributed by atoms with Crippen LogP contribution in [-0.4, -0.2) is 24.1 Å². The van der Waals surface area contributed by atoms with Crippen LogP contribution in [0.15, 0.2) is 224 Å². The molecular weight excluding hydrogens is 755 g/mol. The zero-order chi connectivity index (χ0) is 41.0. The van der Waals surface area contributed by atoms with Gasteiger partial charge in [-0.25, -0.2) is 15.0 Å². The summed E-state index contributed by atoms with van der Waals surface area (Å²) in [6, 6.07) is 79.4. The van der Waals surface area contributed by atoms with Gasteiger partial charge in [0.2, 0.25) is 0 Å². The molecule has 0 amide bonds. The maximum atomic E-state index is 5.00. The molecule has 12 aromatic rings.